The van der Waals surface area contributed by atoms with Crippen LogP contribution in [0.25, 0.3) is 0 Å². The highest BCUT2D eigenvalue weighted by atomic mass is 35.5. The molecule has 1 aromatic rings. The summed E-state index contributed by atoms with van der Waals surface area (Å²) in [6, 6.07) is 4.03. The fraction of sp³-hybridized carbons (Fsp3) is 0.500. The van der Waals surface area contributed by atoms with Gasteiger partial charge < -0.3 is 0 Å². The molecule has 0 bridgehead atoms. The molecule has 5 heteroatoms. The van der Waals surface area contributed by atoms with Crippen molar-refractivity contribution in [1.82, 2.24) is 4.90 Å². The predicted molar refractivity (Wildman–Crippen MR) is 77.1 cm³/mol. The lowest BCUT2D eigenvalue weighted by molar-refractivity contribution is -0.142. The van der Waals surface area contributed by atoms with Gasteiger partial charge in [-0.25, -0.2) is 4.39 Å². The van der Waals surface area contributed by atoms with Gasteiger partial charge in [0.2, 0.25) is 11.8 Å². The molecular weight excluding hydrogens is 293 g/mol. The number of benzene rings is 1. The second-order valence-electron chi connectivity index (χ2n) is 6.04. The summed E-state index contributed by atoms with van der Waals surface area (Å²) in [6.45, 7) is 0.137. The second kappa shape index (κ2) is 5.41. The predicted octanol–water partition coefficient (Wildman–Crippen LogP) is 3.69. The van der Waals surface area contributed by atoms with Crippen LogP contribution in [0.15, 0.2) is 18.2 Å². The van der Waals surface area contributed by atoms with Crippen molar-refractivity contribution < 1.29 is 14.0 Å². The molecule has 1 aliphatic carbocycles. The van der Waals surface area contributed by atoms with Crippen LogP contribution in [0.1, 0.15) is 44.1 Å². The maximum Gasteiger partial charge on any atom is 0.236 e. The van der Waals surface area contributed by atoms with Crippen LogP contribution in [0.2, 0.25) is 5.02 Å². The maximum absolute atomic E-state index is 13.1. The van der Waals surface area contributed by atoms with Crippen LogP contribution in [-0.2, 0) is 16.1 Å². The van der Waals surface area contributed by atoms with Gasteiger partial charge >= 0.3 is 0 Å². The van der Waals surface area contributed by atoms with Gasteiger partial charge in [-0.15, -0.1) is 0 Å². The Morgan fingerprint density at radius 2 is 1.90 bits per heavy atom. The molecule has 112 valence electrons. The maximum atomic E-state index is 13.1. The first-order chi connectivity index (χ1) is 10.0. The molecule has 0 radical (unpaired) electrons. The minimum absolute atomic E-state index is 0.0763. The Hall–Kier alpha value is -1.42. The van der Waals surface area contributed by atoms with E-state index in [1.165, 1.54) is 23.1 Å². The summed E-state index contributed by atoms with van der Waals surface area (Å²) in [4.78, 5) is 26.2. The first-order valence-corrected chi connectivity index (χ1v) is 7.68. The molecule has 1 aromatic carbocycles. The Labute approximate surface area is 128 Å². The summed E-state index contributed by atoms with van der Waals surface area (Å²) in [7, 11) is 0. The zero-order valence-corrected chi connectivity index (χ0v) is 12.5. The third-order valence-corrected chi connectivity index (χ3v) is 5.00. The van der Waals surface area contributed by atoms with Gasteiger partial charge in [0.25, 0.3) is 0 Å². The summed E-state index contributed by atoms with van der Waals surface area (Å²) in [5.74, 6) is -0.638. The number of imide groups is 1. The molecule has 1 saturated heterocycles. The SMILES string of the molecule is O=C1CC2(CCCCC2)C(=O)N1Cc1ccc(F)cc1Cl. The van der Waals surface area contributed by atoms with Crippen molar-refractivity contribution in [3.05, 3.63) is 34.6 Å². The highest BCUT2D eigenvalue weighted by Crippen LogP contribution is 2.45. The number of carbonyl (C=O) groups is 2. The van der Waals surface area contributed by atoms with Crippen LogP contribution in [0.5, 0.6) is 0 Å². The normalized spacial score (nSPS) is 21.3. The average molecular weight is 310 g/mol. The number of carbonyl (C=O) groups excluding carboxylic acids is 2. The zero-order chi connectivity index (χ0) is 15.0. The molecule has 0 N–H and O–H groups in total. The minimum Gasteiger partial charge on any atom is -0.278 e. The van der Waals surface area contributed by atoms with Gasteiger partial charge in [0.1, 0.15) is 5.82 Å². The molecule has 3 nitrogen and oxygen atoms in total. The van der Waals surface area contributed by atoms with E-state index in [0.29, 0.717) is 12.0 Å². The number of amides is 2. The van der Waals surface area contributed by atoms with Crippen molar-refractivity contribution >= 4 is 23.4 Å². The number of hydrogen-bond donors (Lipinski definition) is 0. The molecule has 0 unspecified atom stereocenters. The Bertz CT molecular complexity index is 596. The molecule has 1 aliphatic heterocycles. The standard InChI is InChI=1S/C16H17ClFNO2/c17-13-8-12(18)5-4-11(13)10-19-14(20)9-16(15(19)21)6-2-1-3-7-16/h4-5,8H,1-3,6-7,9-10H2. The Morgan fingerprint density at radius 1 is 1.19 bits per heavy atom. The summed E-state index contributed by atoms with van der Waals surface area (Å²) < 4.78 is 13.1. The third kappa shape index (κ3) is 2.57. The molecule has 2 fully saturated rings. The number of halogens is 2. The summed E-state index contributed by atoms with van der Waals surface area (Å²) in [6.07, 6.45) is 5.04. The van der Waals surface area contributed by atoms with Crippen molar-refractivity contribution in [2.45, 2.75) is 45.1 Å². The largest absolute Gasteiger partial charge is 0.278 e. The summed E-state index contributed by atoms with van der Waals surface area (Å²) >= 11 is 5.99. The van der Waals surface area contributed by atoms with E-state index in [-0.39, 0.29) is 23.4 Å². The van der Waals surface area contributed by atoms with Gasteiger partial charge in [0.05, 0.1) is 12.0 Å². The van der Waals surface area contributed by atoms with Crippen LogP contribution in [0.4, 0.5) is 4.39 Å². The number of rotatable bonds is 2. The Morgan fingerprint density at radius 3 is 2.57 bits per heavy atom. The van der Waals surface area contributed by atoms with Crippen LogP contribution in [0, 0.1) is 11.2 Å². The topological polar surface area (TPSA) is 37.4 Å². The minimum atomic E-state index is -0.484. The second-order valence-corrected chi connectivity index (χ2v) is 6.45. The molecule has 0 atom stereocenters. The molecular formula is C16H17ClFNO2. The third-order valence-electron chi connectivity index (χ3n) is 4.64. The van der Waals surface area contributed by atoms with E-state index in [4.69, 9.17) is 11.6 Å². The molecule has 2 amide bonds. The van der Waals surface area contributed by atoms with Crippen molar-refractivity contribution in [1.29, 1.82) is 0 Å². The van der Waals surface area contributed by atoms with Gasteiger partial charge in [-0.1, -0.05) is 36.9 Å². The molecule has 1 heterocycles. The highest BCUT2D eigenvalue weighted by molar-refractivity contribution is 6.31. The van der Waals surface area contributed by atoms with Crippen molar-refractivity contribution in [2.75, 3.05) is 0 Å². The quantitative estimate of drug-likeness (QED) is 0.781. The molecule has 21 heavy (non-hydrogen) atoms. The van der Waals surface area contributed by atoms with Gasteiger partial charge in [-0.3, -0.25) is 14.5 Å². The first kappa shape index (κ1) is 14.5. The molecule has 2 aliphatic rings. The number of likely N-dealkylation sites (tertiary alicyclic amines) is 1. The van der Waals surface area contributed by atoms with Crippen molar-refractivity contribution in [2.24, 2.45) is 5.41 Å². The van der Waals surface area contributed by atoms with E-state index in [1.54, 1.807) is 0 Å². The van der Waals surface area contributed by atoms with E-state index in [0.717, 1.165) is 32.1 Å². The van der Waals surface area contributed by atoms with Crippen LogP contribution < -0.4 is 0 Å². The van der Waals surface area contributed by atoms with Crippen LogP contribution >= 0.6 is 11.6 Å². The van der Waals surface area contributed by atoms with Crippen LogP contribution in [0.3, 0.4) is 0 Å². The summed E-state index contributed by atoms with van der Waals surface area (Å²) in [5.41, 5.74) is 0.120. The van der Waals surface area contributed by atoms with E-state index >= 15 is 0 Å². The zero-order valence-electron chi connectivity index (χ0n) is 11.7. The van der Waals surface area contributed by atoms with Crippen molar-refractivity contribution in [3.8, 4) is 0 Å². The average Bonchev–Trinajstić information content (AvgIpc) is 2.67. The van der Waals surface area contributed by atoms with E-state index in [1.807, 2.05) is 0 Å². The lowest BCUT2D eigenvalue weighted by atomic mass is 9.73. The van der Waals surface area contributed by atoms with E-state index in [9.17, 15) is 14.0 Å². The number of hydrogen-bond acceptors (Lipinski definition) is 2. The monoisotopic (exact) mass is 309 g/mol. The highest BCUT2D eigenvalue weighted by Gasteiger charge is 2.51. The lowest BCUT2D eigenvalue weighted by Gasteiger charge is -2.30. The lowest BCUT2D eigenvalue weighted by Crippen LogP contribution is -2.36. The Kier molecular flexibility index (Phi) is 3.74. The molecule has 0 aromatic heterocycles. The first-order valence-electron chi connectivity index (χ1n) is 7.31. The van der Waals surface area contributed by atoms with E-state index < -0.39 is 11.2 Å². The van der Waals surface area contributed by atoms with Crippen LogP contribution in [-0.4, -0.2) is 16.7 Å². The molecule has 1 saturated carbocycles. The van der Waals surface area contributed by atoms with E-state index in [2.05, 4.69) is 0 Å². The fourth-order valence-corrected chi connectivity index (χ4v) is 3.69. The molecule has 1 spiro atoms. The molecule has 3 rings (SSSR count). The Balaban J connectivity index is 1.82. The van der Waals surface area contributed by atoms with Gasteiger partial charge in [-0.05, 0) is 30.5 Å². The fourth-order valence-electron chi connectivity index (χ4n) is 3.46. The smallest absolute Gasteiger partial charge is 0.236 e. The van der Waals surface area contributed by atoms with Crippen molar-refractivity contribution in [3.63, 3.8) is 0 Å². The van der Waals surface area contributed by atoms with Gasteiger partial charge in [0.15, 0.2) is 0 Å². The van der Waals surface area contributed by atoms with Gasteiger partial charge in [-0.2, -0.15) is 0 Å². The summed E-state index contributed by atoms with van der Waals surface area (Å²) in [5, 5.41) is 0.250. The van der Waals surface area contributed by atoms with Gasteiger partial charge in [0, 0.05) is 11.4 Å². The number of nitrogens with zero attached hydrogens (tertiary/aromatic N) is 1.